The summed E-state index contributed by atoms with van der Waals surface area (Å²) >= 11 is 0. The summed E-state index contributed by atoms with van der Waals surface area (Å²) in [6.07, 6.45) is 1.65. The molecule has 6 aromatic carbocycles. The highest BCUT2D eigenvalue weighted by Gasteiger charge is 2.23. The highest BCUT2D eigenvalue weighted by Crippen LogP contribution is 2.35. The molecule has 4 aromatic heterocycles. The van der Waals surface area contributed by atoms with E-state index in [4.69, 9.17) is 59.2 Å². The van der Waals surface area contributed by atoms with Crippen molar-refractivity contribution in [3.05, 3.63) is 177 Å². The molecule has 3 aliphatic heterocycles. The average molecular weight is 1540 g/mol. The molecule has 584 valence electrons. The van der Waals surface area contributed by atoms with Crippen LogP contribution in [-0.2, 0) is 20.8 Å². The van der Waals surface area contributed by atoms with Crippen LogP contribution in [0.1, 0.15) is 109 Å². The summed E-state index contributed by atoms with van der Waals surface area (Å²) in [5.41, 5.74) is 11.9. The smallest absolute Gasteiger partial charge is 0.417 e. The number of methoxy groups -OCH3 is 4. The Morgan fingerprint density at radius 2 is 1.11 bits per heavy atom. The number of amides is 5. The number of H-pyrrole nitrogens is 3. The normalized spacial score (nSPS) is 13.3. The molecule has 32 heteroatoms. The number of carbonyl (C=O) groups excluding carboxylic acids is 6. The second kappa shape index (κ2) is 43.2. The van der Waals surface area contributed by atoms with Crippen LogP contribution in [-0.4, -0.2) is 212 Å². The number of hydrogen-bond donors (Lipinski definition) is 9. The number of anilines is 2. The third-order valence-electron chi connectivity index (χ3n) is 17.0. The SMILES string of the molecule is C1COCCN1.CCCNC(=O)c1cc2cc(C(=O)N3CCOCC3)ccc2[nH]1.CCCNC(=O)c1cc2cc(C(=O)O)ccc2[nH]1.COc1cc(C#N)c(NC(=O)Oc2ccccc2)cc1OC.COc1cc2nc(=O)n(CCCC(=O)c3cc4cc(C(=O)N5CCOCC5)ccc4[nH]3)c(N)c2cc1OC.[2H]CF.[3H]P([3H])[3H]. The quantitative estimate of drug-likeness (QED) is 0.0253. The van der Waals surface area contributed by atoms with Gasteiger partial charge in [-0.25, -0.2) is 14.4 Å². The molecule has 0 bridgehead atoms. The van der Waals surface area contributed by atoms with Crippen LogP contribution in [0.2, 0.25) is 0 Å². The number of aromatic amines is 3. The largest absolute Gasteiger partial charge is 0.493 e. The number of ketones is 1. The summed E-state index contributed by atoms with van der Waals surface area (Å²) < 4.78 is 76.4. The first-order chi connectivity index (χ1) is 55.0. The van der Waals surface area contributed by atoms with Crippen molar-refractivity contribution in [2.45, 2.75) is 46.1 Å². The van der Waals surface area contributed by atoms with Gasteiger partial charge in [0.25, 0.3) is 23.6 Å². The van der Waals surface area contributed by atoms with Gasteiger partial charge < -0.3 is 89.4 Å². The number of nitrogen functional groups attached to an aromatic ring is 1. The number of carboxylic acid groups (broad SMARTS) is 1. The van der Waals surface area contributed by atoms with E-state index in [1.165, 1.54) is 51.2 Å². The van der Waals surface area contributed by atoms with E-state index in [0.29, 0.717) is 140 Å². The summed E-state index contributed by atoms with van der Waals surface area (Å²) in [6, 6.07) is 37.6. The number of carbonyl (C=O) groups is 7. The maximum absolute atomic E-state index is 12.9. The Balaban J connectivity index is 0.000000206. The molecule has 0 saturated carbocycles. The van der Waals surface area contributed by atoms with Gasteiger partial charge in [0.1, 0.15) is 29.0 Å². The van der Waals surface area contributed by atoms with Crippen LogP contribution in [0.25, 0.3) is 43.6 Å². The number of aromatic nitrogens is 5. The molecule has 0 atom stereocenters. The van der Waals surface area contributed by atoms with Gasteiger partial charge in [0, 0.05) is 133 Å². The monoisotopic (exact) mass is 1540 g/mol. The zero-order chi connectivity index (χ0) is 82.6. The van der Waals surface area contributed by atoms with Crippen molar-refractivity contribution in [3.63, 3.8) is 0 Å². The molecule has 10 aromatic rings. The van der Waals surface area contributed by atoms with Gasteiger partial charge in [0.15, 0.2) is 28.8 Å². The Morgan fingerprint density at radius 1 is 0.655 bits per heavy atom. The van der Waals surface area contributed by atoms with Crippen molar-refractivity contribution in [2.24, 2.45) is 0 Å². The lowest BCUT2D eigenvalue weighted by molar-refractivity contribution is 0.0301. The summed E-state index contributed by atoms with van der Waals surface area (Å²) in [5, 5.41) is 32.3. The fourth-order valence-electron chi connectivity index (χ4n) is 11.4. The van der Waals surface area contributed by atoms with E-state index in [2.05, 4.69) is 41.2 Å². The number of nitriles is 1. The lowest BCUT2D eigenvalue weighted by atomic mass is 10.1. The van der Waals surface area contributed by atoms with Gasteiger partial charge in [0.05, 0.1) is 108 Å². The number of fused-ring (bicyclic) bond motifs is 4. The predicted octanol–water partition coefficient (Wildman–Crippen LogP) is 9.84. The molecule has 0 aliphatic carbocycles. The number of para-hydroxylation sites is 1. The molecule has 5 amide bonds. The summed E-state index contributed by atoms with van der Waals surface area (Å²) in [4.78, 5) is 114. The first-order valence-electron chi connectivity index (χ1n) is 37.0. The molecule has 7 heterocycles. The van der Waals surface area contributed by atoms with Crippen molar-refractivity contribution >= 4 is 106 Å². The number of carboxylic acids is 1. The minimum atomic E-state index is -1.87. The predicted molar refractivity (Wildman–Crippen MR) is 420 cm³/mol. The summed E-state index contributed by atoms with van der Waals surface area (Å²) in [6.45, 7) is 13.9. The third kappa shape index (κ3) is 23.3. The molecule has 3 aliphatic rings. The fraction of sp³-hybridized carbons (Fsp3) is 0.333. The Hall–Kier alpha value is -11.9. The van der Waals surface area contributed by atoms with Crippen molar-refractivity contribution in [3.8, 4) is 34.8 Å². The van der Waals surface area contributed by atoms with Crippen LogP contribution in [0.15, 0.2) is 132 Å². The molecule has 13 rings (SSSR count). The number of aromatic carboxylic acids is 1. The fourth-order valence-corrected chi connectivity index (χ4v) is 11.4. The van der Waals surface area contributed by atoms with Crippen LogP contribution in [0.3, 0.4) is 0 Å². The van der Waals surface area contributed by atoms with E-state index in [1.54, 1.807) is 94.7 Å². The second-order valence-electron chi connectivity index (χ2n) is 24.3. The van der Waals surface area contributed by atoms with Crippen molar-refractivity contribution in [1.29, 1.82) is 9.10 Å². The number of nitrogens with two attached hydrogens (primary N) is 1. The molecule has 3 saturated heterocycles. The molecule has 10 N–H and O–H groups in total. The first-order valence-corrected chi connectivity index (χ1v) is 35.0. The molecule has 3 fully saturated rings. The highest BCUT2D eigenvalue weighted by molar-refractivity contribution is 6.92. The Bertz CT molecular complexity index is 4980. The van der Waals surface area contributed by atoms with Gasteiger partial charge >= 0.3 is 17.8 Å². The minimum Gasteiger partial charge on any atom is -0.493 e. The van der Waals surface area contributed by atoms with Gasteiger partial charge in [-0.3, -0.25) is 38.2 Å². The van der Waals surface area contributed by atoms with Crippen LogP contribution in [0.5, 0.6) is 28.7 Å². The number of benzene rings is 6. The van der Waals surface area contributed by atoms with Gasteiger partial charge in [-0.2, -0.15) is 20.0 Å². The van der Waals surface area contributed by atoms with E-state index < -0.39 is 34.6 Å². The van der Waals surface area contributed by atoms with E-state index in [9.17, 15) is 42.7 Å². The number of ether oxygens (including phenoxy) is 8. The number of rotatable bonds is 20. The standard InChI is InChI=1S/C27H29N5O6.C17H21N3O3.C16H14N2O4.C13H14N2O3.C4H9NO.CH3F.H3P/c1-36-23-14-18-20(15-24(23)37-2)30-27(35)32(25(18)28)7-3-4-22(33)21-13-17-12-16(5-6-19(17)29-21)26(34)31-8-10-38-11-9-31;1-2-5-18-16(21)15-11-13-10-12(3-4-14(13)19-15)17(22)20-6-8-23-9-7-20;1-20-14-8-11(10-17)13(9-15(14)21-2)18-16(19)22-12-6-4-3-5-7-12;1-2-5-14-12(16)11-7-9-6-8(13(17)18)3-4-10(9)15-11;1-3-6-4-2-5-1;1-2;/h5-6,12-15,29H,3-4,7-11,28H2,1-2H3;3-4,10-11,19H,2,5-9H2,1H3,(H,18,21);3-9H,1-2H3,(H,18,19);3-4,6-7,15H,2,5H2,1H3,(H,14,16)(H,17,18);5H,1-4H2;1H3;1H3/i;;;;;1D;1T3. The molecular formula is C78H93FN13O17P. The van der Waals surface area contributed by atoms with Gasteiger partial charge in [0.2, 0.25) is 0 Å². The first kappa shape index (κ1) is 79.1. The molecular weight excluding hydrogens is 1440 g/mol. The van der Waals surface area contributed by atoms with Crippen LogP contribution >= 0.6 is 9.73 Å². The summed E-state index contributed by atoms with van der Waals surface area (Å²) in [5.74, 6) is 0.958. The second-order valence-corrected chi connectivity index (χ2v) is 24.3. The lowest BCUT2D eigenvalue weighted by Crippen LogP contribution is -2.40. The average Bonchev–Trinajstić information content (AvgIpc) is 1.09. The van der Waals surface area contributed by atoms with Crippen LogP contribution in [0.4, 0.5) is 20.7 Å². The Labute approximate surface area is 642 Å². The zero-order valence-electron chi connectivity index (χ0n) is 65.9. The summed E-state index contributed by atoms with van der Waals surface area (Å²) in [7, 11) is 3.08. The number of hydrogen-bond acceptors (Lipinski definition) is 20. The maximum Gasteiger partial charge on any atom is 0.417 e. The Kier molecular flexibility index (Phi) is 31.0. The maximum atomic E-state index is 12.9. The highest BCUT2D eigenvalue weighted by atomic mass is 31.0. The Morgan fingerprint density at radius 3 is 1.57 bits per heavy atom. The molecule has 110 heavy (non-hydrogen) atoms. The molecule has 0 unspecified atom stereocenters. The van der Waals surface area contributed by atoms with Gasteiger partial charge in [-0.05, 0) is 110 Å². The molecule has 0 radical (unpaired) electrons. The van der Waals surface area contributed by atoms with Gasteiger partial charge in [-0.15, -0.1) is 0 Å². The minimum absolute atomic E-state index is 0.00776. The number of Topliss-reactive ketones (excluding diaryl/α,β-unsaturated/α-hetero) is 1. The van der Waals surface area contributed by atoms with Crippen molar-refractivity contribution < 1.29 is 82.3 Å². The number of alkyl halides is 1. The van der Waals surface area contributed by atoms with Gasteiger partial charge in [-0.1, -0.05) is 32.0 Å². The van der Waals surface area contributed by atoms with E-state index >= 15 is 0 Å². The number of morpholine rings is 3. The van der Waals surface area contributed by atoms with Crippen LogP contribution < -0.4 is 56.4 Å². The topological polar surface area (TPSA) is 400 Å². The van der Waals surface area contributed by atoms with Crippen LogP contribution in [0, 0.1) is 11.3 Å². The number of nitrogens with one attached hydrogen (secondary N) is 7. The van der Waals surface area contributed by atoms with Crippen molar-refractivity contribution in [2.75, 3.05) is 139 Å². The number of nitrogens with zero attached hydrogens (tertiary/aromatic N) is 5. The molecule has 30 nitrogen and oxygen atoms in total. The van der Waals surface area contributed by atoms with E-state index in [0.717, 1.165) is 71.9 Å². The van der Waals surface area contributed by atoms with E-state index in [1.807, 2.05) is 44.2 Å². The zero-order valence-corrected chi connectivity index (χ0v) is 62.8. The lowest BCUT2D eigenvalue weighted by Gasteiger charge is -2.26. The van der Waals surface area contributed by atoms with Crippen molar-refractivity contribution in [1.82, 2.24) is 50.3 Å². The third-order valence-corrected chi connectivity index (χ3v) is 17.0. The molecule has 0 spiro atoms. The van der Waals surface area contributed by atoms with E-state index in [-0.39, 0.29) is 65.0 Å². The number of halogens is 1.